The summed E-state index contributed by atoms with van der Waals surface area (Å²) in [4.78, 5) is 24.2. The molecular formula is C15H19N3O3. The molecule has 0 saturated carbocycles. The molecule has 1 aromatic carbocycles. The maximum absolute atomic E-state index is 12.2. The lowest BCUT2D eigenvalue weighted by Gasteiger charge is -2.36. The Morgan fingerprint density at radius 2 is 2.05 bits per heavy atom. The van der Waals surface area contributed by atoms with Gasteiger partial charge < -0.3 is 10.2 Å². The summed E-state index contributed by atoms with van der Waals surface area (Å²) < 4.78 is 0. The second-order valence-electron chi connectivity index (χ2n) is 5.33. The van der Waals surface area contributed by atoms with Crippen LogP contribution < -0.4 is 5.32 Å². The number of piperazine rings is 1. The van der Waals surface area contributed by atoms with Gasteiger partial charge in [-0.25, -0.2) is 0 Å². The van der Waals surface area contributed by atoms with Gasteiger partial charge in [-0.1, -0.05) is 0 Å². The van der Waals surface area contributed by atoms with Gasteiger partial charge >= 0.3 is 0 Å². The Hall–Kier alpha value is -2.21. The van der Waals surface area contributed by atoms with Crippen LogP contribution >= 0.6 is 0 Å². The fourth-order valence-electron chi connectivity index (χ4n) is 2.30. The Morgan fingerprint density at radius 1 is 1.38 bits per heavy atom. The number of nitrogens with zero attached hydrogens (tertiary/aromatic N) is 2. The minimum absolute atomic E-state index is 0.0331. The van der Waals surface area contributed by atoms with E-state index in [0.717, 1.165) is 12.1 Å². The van der Waals surface area contributed by atoms with Gasteiger partial charge in [0.2, 0.25) is 5.91 Å². The number of nitro groups is 1. The molecule has 0 aromatic heterocycles. The van der Waals surface area contributed by atoms with Crippen LogP contribution in [-0.2, 0) is 4.79 Å². The average molecular weight is 289 g/mol. The molecule has 1 fully saturated rings. The third-order valence-corrected chi connectivity index (χ3v) is 3.57. The van der Waals surface area contributed by atoms with Gasteiger partial charge in [-0.15, -0.1) is 0 Å². The predicted octanol–water partition coefficient (Wildman–Crippen LogP) is 1.82. The summed E-state index contributed by atoms with van der Waals surface area (Å²) >= 11 is 0. The molecule has 1 heterocycles. The molecule has 1 aliphatic heterocycles. The normalized spacial score (nSPS) is 22.5. The van der Waals surface area contributed by atoms with Crippen LogP contribution in [0.1, 0.15) is 19.4 Å². The summed E-state index contributed by atoms with van der Waals surface area (Å²) in [6, 6.07) is 6.57. The second kappa shape index (κ2) is 6.49. The molecule has 1 saturated heterocycles. The molecule has 0 aliphatic carbocycles. The van der Waals surface area contributed by atoms with E-state index in [9.17, 15) is 14.9 Å². The van der Waals surface area contributed by atoms with Crippen molar-refractivity contribution in [2.75, 3.05) is 13.1 Å². The molecule has 2 atom stereocenters. The summed E-state index contributed by atoms with van der Waals surface area (Å²) in [6.07, 6.45) is 3.21. The zero-order valence-corrected chi connectivity index (χ0v) is 12.2. The van der Waals surface area contributed by atoms with Crippen LogP contribution in [-0.4, -0.2) is 40.9 Å². The number of nitrogens with one attached hydrogen (secondary N) is 1. The van der Waals surface area contributed by atoms with Gasteiger partial charge in [0.1, 0.15) is 0 Å². The van der Waals surface area contributed by atoms with E-state index in [1.807, 2.05) is 18.7 Å². The van der Waals surface area contributed by atoms with Crippen molar-refractivity contribution >= 4 is 17.7 Å². The molecule has 0 radical (unpaired) electrons. The van der Waals surface area contributed by atoms with Crippen LogP contribution in [0.5, 0.6) is 0 Å². The lowest BCUT2D eigenvalue weighted by atomic mass is 10.1. The first-order valence-electron chi connectivity index (χ1n) is 6.94. The lowest BCUT2D eigenvalue weighted by Crippen LogP contribution is -2.55. The van der Waals surface area contributed by atoms with E-state index in [1.54, 1.807) is 18.2 Å². The van der Waals surface area contributed by atoms with E-state index in [4.69, 9.17) is 0 Å². The summed E-state index contributed by atoms with van der Waals surface area (Å²) in [5.74, 6) is -0.0331. The van der Waals surface area contributed by atoms with Crippen molar-refractivity contribution in [3.8, 4) is 0 Å². The van der Waals surface area contributed by atoms with Crippen molar-refractivity contribution in [1.82, 2.24) is 10.2 Å². The van der Waals surface area contributed by atoms with Gasteiger partial charge in [-0.3, -0.25) is 14.9 Å². The number of amides is 1. The smallest absolute Gasteiger partial charge is 0.269 e. The van der Waals surface area contributed by atoms with Crippen molar-refractivity contribution in [3.05, 3.63) is 46.0 Å². The number of nitro benzene ring substituents is 1. The maximum Gasteiger partial charge on any atom is 0.269 e. The van der Waals surface area contributed by atoms with Crippen molar-refractivity contribution in [3.63, 3.8) is 0 Å². The van der Waals surface area contributed by atoms with E-state index in [0.29, 0.717) is 6.54 Å². The van der Waals surface area contributed by atoms with Crippen LogP contribution in [0.4, 0.5) is 5.69 Å². The monoisotopic (exact) mass is 289 g/mol. The third-order valence-electron chi connectivity index (χ3n) is 3.57. The topological polar surface area (TPSA) is 75.5 Å². The summed E-state index contributed by atoms with van der Waals surface area (Å²) in [6.45, 7) is 5.53. The second-order valence-corrected chi connectivity index (χ2v) is 5.33. The number of rotatable bonds is 3. The number of hydrogen-bond donors (Lipinski definition) is 1. The number of carbonyl (C=O) groups excluding carboxylic acids is 1. The fraction of sp³-hybridized carbons (Fsp3) is 0.400. The van der Waals surface area contributed by atoms with Crippen LogP contribution in [0.15, 0.2) is 30.3 Å². The average Bonchev–Trinajstić information content (AvgIpc) is 2.47. The van der Waals surface area contributed by atoms with Crippen LogP contribution in [0.3, 0.4) is 0 Å². The molecule has 1 aromatic rings. The Morgan fingerprint density at radius 3 is 2.67 bits per heavy atom. The largest absolute Gasteiger partial charge is 0.334 e. The SMILES string of the molecule is CC1CN(C(=O)C=Cc2ccc([N+](=O)[O-])cc2)C(C)CN1. The van der Waals surface area contributed by atoms with Crippen molar-refractivity contribution in [2.45, 2.75) is 25.9 Å². The van der Waals surface area contributed by atoms with Gasteiger partial charge in [-0.2, -0.15) is 0 Å². The van der Waals surface area contributed by atoms with Gasteiger partial charge in [0.25, 0.3) is 5.69 Å². The van der Waals surface area contributed by atoms with Gasteiger partial charge in [0.05, 0.1) is 4.92 Å². The van der Waals surface area contributed by atoms with Crippen LogP contribution in [0.2, 0.25) is 0 Å². The molecule has 6 nitrogen and oxygen atoms in total. The number of benzene rings is 1. The first-order chi connectivity index (χ1) is 9.97. The van der Waals surface area contributed by atoms with Crippen molar-refractivity contribution < 1.29 is 9.72 Å². The molecule has 0 spiro atoms. The van der Waals surface area contributed by atoms with Crippen LogP contribution in [0, 0.1) is 10.1 Å². The molecule has 2 unspecified atom stereocenters. The van der Waals surface area contributed by atoms with Gasteiger partial charge in [0, 0.05) is 43.4 Å². The quantitative estimate of drug-likeness (QED) is 0.523. The maximum atomic E-state index is 12.2. The van der Waals surface area contributed by atoms with Crippen molar-refractivity contribution in [1.29, 1.82) is 0 Å². The van der Waals surface area contributed by atoms with E-state index < -0.39 is 4.92 Å². The molecule has 2 rings (SSSR count). The first kappa shape index (κ1) is 15.2. The molecular weight excluding hydrogens is 270 g/mol. The number of carbonyl (C=O) groups is 1. The zero-order chi connectivity index (χ0) is 15.4. The highest BCUT2D eigenvalue weighted by Crippen LogP contribution is 2.13. The number of hydrogen-bond acceptors (Lipinski definition) is 4. The predicted molar refractivity (Wildman–Crippen MR) is 80.8 cm³/mol. The van der Waals surface area contributed by atoms with E-state index >= 15 is 0 Å². The first-order valence-corrected chi connectivity index (χ1v) is 6.94. The molecule has 1 aliphatic rings. The molecule has 1 amide bonds. The highest BCUT2D eigenvalue weighted by molar-refractivity contribution is 5.92. The Labute approximate surface area is 123 Å². The summed E-state index contributed by atoms with van der Waals surface area (Å²) in [5.41, 5.74) is 0.813. The summed E-state index contributed by atoms with van der Waals surface area (Å²) in [5, 5.41) is 13.9. The van der Waals surface area contributed by atoms with E-state index in [1.165, 1.54) is 18.2 Å². The van der Waals surface area contributed by atoms with E-state index in [2.05, 4.69) is 5.32 Å². The molecule has 6 heteroatoms. The minimum Gasteiger partial charge on any atom is -0.334 e. The number of non-ortho nitro benzene ring substituents is 1. The zero-order valence-electron chi connectivity index (χ0n) is 12.2. The lowest BCUT2D eigenvalue weighted by molar-refractivity contribution is -0.384. The highest BCUT2D eigenvalue weighted by atomic mass is 16.6. The molecule has 112 valence electrons. The van der Waals surface area contributed by atoms with Gasteiger partial charge in [-0.05, 0) is 37.6 Å². The molecule has 1 N–H and O–H groups in total. The molecule has 0 bridgehead atoms. The Bertz CT molecular complexity index is 554. The standard InChI is InChI=1S/C15H19N3O3/c1-11-10-17(12(2)9-16-11)15(19)8-5-13-3-6-14(7-4-13)18(20)21/h3-8,11-12,16H,9-10H2,1-2H3. The third kappa shape index (κ3) is 3.88. The minimum atomic E-state index is -0.442. The van der Waals surface area contributed by atoms with Crippen molar-refractivity contribution in [2.24, 2.45) is 0 Å². The summed E-state index contributed by atoms with van der Waals surface area (Å²) in [7, 11) is 0. The highest BCUT2D eigenvalue weighted by Gasteiger charge is 2.24. The fourth-order valence-corrected chi connectivity index (χ4v) is 2.30. The van der Waals surface area contributed by atoms with E-state index in [-0.39, 0.29) is 23.7 Å². The van der Waals surface area contributed by atoms with Gasteiger partial charge in [0.15, 0.2) is 0 Å². The van der Waals surface area contributed by atoms with Crippen LogP contribution in [0.25, 0.3) is 6.08 Å². The molecule has 21 heavy (non-hydrogen) atoms. The Kier molecular flexibility index (Phi) is 4.70. The Balaban J connectivity index is 2.02.